The fourth-order valence-electron chi connectivity index (χ4n) is 1.32. The van der Waals surface area contributed by atoms with Crippen LogP contribution in [-0.4, -0.2) is 17.1 Å². The molecule has 1 unspecified atom stereocenters. The molecule has 1 N–H and O–H groups in total. The van der Waals surface area contributed by atoms with Crippen molar-refractivity contribution in [3.8, 4) is 0 Å². The van der Waals surface area contributed by atoms with Gasteiger partial charge >= 0.3 is 18.0 Å². The van der Waals surface area contributed by atoms with Gasteiger partial charge in [-0.3, -0.25) is 0 Å². The van der Waals surface area contributed by atoms with Crippen molar-refractivity contribution in [3.63, 3.8) is 0 Å². The number of hydrogen-bond donors (Lipinski definition) is 1. The summed E-state index contributed by atoms with van der Waals surface area (Å²) in [5.74, 6) is -10.7. The first-order chi connectivity index (χ1) is 8.04. The van der Waals surface area contributed by atoms with Crippen molar-refractivity contribution in [1.29, 1.82) is 0 Å². The van der Waals surface area contributed by atoms with Crippen LogP contribution in [0.2, 0.25) is 0 Å². The van der Waals surface area contributed by atoms with E-state index < -0.39 is 23.5 Å². The van der Waals surface area contributed by atoms with E-state index in [1.165, 1.54) is 0 Å². The van der Waals surface area contributed by atoms with E-state index in [-0.39, 0.29) is 0 Å². The van der Waals surface area contributed by atoms with Gasteiger partial charge in [-0.1, -0.05) is 31.2 Å². The summed E-state index contributed by atoms with van der Waals surface area (Å²) in [4.78, 5) is 0. The number of alkyl halides is 6. The topological polar surface area (TPSA) is 20.2 Å². The van der Waals surface area contributed by atoms with E-state index in [1.807, 2.05) is 0 Å². The van der Waals surface area contributed by atoms with Crippen LogP contribution in [0, 0.1) is 0 Å². The Kier molecular flexibility index (Phi) is 3.67. The summed E-state index contributed by atoms with van der Waals surface area (Å²) in [5.41, 5.74) is -0.633. The summed E-state index contributed by atoms with van der Waals surface area (Å²) in [6.45, 7) is 1.72. The van der Waals surface area contributed by atoms with E-state index >= 15 is 0 Å². The van der Waals surface area contributed by atoms with Crippen molar-refractivity contribution in [2.45, 2.75) is 31.3 Å². The number of benzene rings is 1. The van der Waals surface area contributed by atoms with E-state index in [0.29, 0.717) is 24.1 Å². The van der Waals surface area contributed by atoms with Crippen molar-refractivity contribution in [1.82, 2.24) is 0 Å². The van der Waals surface area contributed by atoms with Crippen LogP contribution in [0.1, 0.15) is 18.1 Å². The molecule has 0 aliphatic carbocycles. The second kappa shape index (κ2) is 4.46. The molecule has 0 saturated carbocycles. The zero-order valence-corrected chi connectivity index (χ0v) is 9.23. The lowest BCUT2D eigenvalue weighted by molar-refractivity contribution is -0.390. The molecule has 0 saturated heterocycles. The van der Waals surface area contributed by atoms with Gasteiger partial charge in [0.2, 0.25) is 0 Å². The van der Waals surface area contributed by atoms with Crippen molar-refractivity contribution in [2.24, 2.45) is 0 Å². The van der Waals surface area contributed by atoms with E-state index in [9.17, 15) is 26.3 Å². The molecule has 0 amide bonds. The molecule has 18 heavy (non-hydrogen) atoms. The quantitative estimate of drug-likeness (QED) is 0.834. The Labute approximate surface area is 99.0 Å². The molecule has 1 nitrogen and oxygen atoms in total. The van der Waals surface area contributed by atoms with Crippen LogP contribution in [-0.2, 0) is 12.3 Å². The number of aryl methyl sites for hydroxylation is 1. The molecule has 1 aromatic rings. The average Bonchev–Trinajstić information content (AvgIpc) is 2.27. The second-order valence-corrected chi connectivity index (χ2v) is 3.74. The zero-order valence-electron chi connectivity index (χ0n) is 9.23. The molecule has 0 radical (unpaired) electrons. The van der Waals surface area contributed by atoms with Crippen molar-refractivity contribution < 1.29 is 31.4 Å². The molecule has 1 atom stereocenters. The minimum atomic E-state index is -6.08. The summed E-state index contributed by atoms with van der Waals surface area (Å²) in [6, 6.07) is 3.62. The van der Waals surface area contributed by atoms with Crippen LogP contribution in [0.15, 0.2) is 24.3 Å². The fraction of sp³-hybridized carbons (Fsp3) is 0.455. The van der Waals surface area contributed by atoms with Crippen LogP contribution in [0.25, 0.3) is 0 Å². The normalized spacial score (nSPS) is 16.4. The molecule has 1 rings (SSSR count). The number of rotatable bonds is 3. The molecule has 0 heterocycles. The van der Waals surface area contributed by atoms with Gasteiger partial charge in [0.1, 0.15) is 0 Å². The van der Waals surface area contributed by atoms with Gasteiger partial charge in [0.05, 0.1) is 0 Å². The minimum Gasteiger partial charge on any atom is -0.350 e. The number of hydrogen-bond acceptors (Lipinski definition) is 1. The highest BCUT2D eigenvalue weighted by Gasteiger charge is 2.71. The molecular formula is C11H10F6O. The third-order valence-corrected chi connectivity index (χ3v) is 2.52. The summed E-state index contributed by atoms with van der Waals surface area (Å²) >= 11 is 0. The SMILES string of the molecule is CCc1ccc(C(F)(F)C(O)(F)C(F)(F)F)cc1. The Balaban J connectivity index is 3.19. The highest BCUT2D eigenvalue weighted by Crippen LogP contribution is 2.48. The smallest absolute Gasteiger partial charge is 0.350 e. The lowest BCUT2D eigenvalue weighted by Crippen LogP contribution is -2.53. The van der Waals surface area contributed by atoms with Crippen LogP contribution < -0.4 is 0 Å². The third kappa shape index (κ3) is 2.31. The maximum atomic E-state index is 13.3. The summed E-state index contributed by atoms with van der Waals surface area (Å²) in [6.07, 6.45) is -5.59. The van der Waals surface area contributed by atoms with Gasteiger partial charge in [-0.15, -0.1) is 0 Å². The Bertz CT molecular complexity index is 407. The van der Waals surface area contributed by atoms with Crippen LogP contribution >= 0.6 is 0 Å². The van der Waals surface area contributed by atoms with Gasteiger partial charge in [-0.05, 0) is 12.0 Å². The lowest BCUT2D eigenvalue weighted by Gasteiger charge is -2.30. The number of halogens is 6. The first-order valence-corrected chi connectivity index (χ1v) is 4.99. The standard InChI is InChI=1S/C11H10F6O/c1-2-7-3-5-8(6-4-7)9(12,13)10(14,18)11(15,16)17/h3-6,18H,2H2,1H3. The predicted octanol–water partition coefficient (Wildman–Crippen LogP) is 3.56. The van der Waals surface area contributed by atoms with Gasteiger partial charge in [-0.25, -0.2) is 0 Å². The minimum absolute atomic E-state index is 0.491. The Hall–Kier alpha value is -1.24. The molecule has 0 aliphatic heterocycles. The largest absolute Gasteiger partial charge is 0.455 e. The summed E-state index contributed by atoms with van der Waals surface area (Å²) in [5, 5.41) is 8.42. The molecular weight excluding hydrogens is 262 g/mol. The van der Waals surface area contributed by atoms with Gasteiger partial charge in [0.15, 0.2) is 0 Å². The van der Waals surface area contributed by atoms with E-state index in [1.54, 1.807) is 6.92 Å². The maximum absolute atomic E-state index is 13.3. The Morgan fingerprint density at radius 3 is 1.72 bits per heavy atom. The van der Waals surface area contributed by atoms with Crippen molar-refractivity contribution in [3.05, 3.63) is 35.4 Å². The lowest BCUT2D eigenvalue weighted by atomic mass is 9.99. The van der Waals surface area contributed by atoms with Gasteiger partial charge < -0.3 is 5.11 Å². The molecule has 1 aromatic carbocycles. The molecule has 7 heteroatoms. The molecule has 0 bridgehead atoms. The Morgan fingerprint density at radius 1 is 0.944 bits per heavy atom. The molecule has 0 aromatic heterocycles. The van der Waals surface area contributed by atoms with E-state index in [2.05, 4.69) is 0 Å². The van der Waals surface area contributed by atoms with Gasteiger partial charge in [-0.2, -0.15) is 26.3 Å². The molecule has 0 spiro atoms. The van der Waals surface area contributed by atoms with Gasteiger partial charge in [0, 0.05) is 5.56 Å². The zero-order chi connectivity index (χ0) is 14.2. The fourth-order valence-corrected chi connectivity index (χ4v) is 1.32. The first-order valence-electron chi connectivity index (χ1n) is 4.99. The highest BCUT2D eigenvalue weighted by molar-refractivity contribution is 5.28. The predicted molar refractivity (Wildman–Crippen MR) is 51.8 cm³/mol. The molecule has 0 aliphatic rings. The monoisotopic (exact) mass is 272 g/mol. The van der Waals surface area contributed by atoms with Gasteiger partial charge in [0.25, 0.3) is 0 Å². The van der Waals surface area contributed by atoms with Crippen LogP contribution in [0.3, 0.4) is 0 Å². The van der Waals surface area contributed by atoms with E-state index in [4.69, 9.17) is 5.11 Å². The molecule has 102 valence electrons. The summed E-state index contributed by atoms with van der Waals surface area (Å²) in [7, 11) is 0. The number of aliphatic hydroxyl groups is 1. The van der Waals surface area contributed by atoms with Crippen molar-refractivity contribution >= 4 is 0 Å². The van der Waals surface area contributed by atoms with Crippen molar-refractivity contribution in [2.75, 3.05) is 0 Å². The second-order valence-electron chi connectivity index (χ2n) is 3.74. The highest BCUT2D eigenvalue weighted by atomic mass is 19.4. The maximum Gasteiger partial charge on any atom is 0.455 e. The van der Waals surface area contributed by atoms with Crippen LogP contribution in [0.4, 0.5) is 26.3 Å². The third-order valence-electron chi connectivity index (χ3n) is 2.52. The summed E-state index contributed by atoms with van der Waals surface area (Å²) < 4.78 is 75.7. The first kappa shape index (κ1) is 14.8. The molecule has 0 fully saturated rings. The van der Waals surface area contributed by atoms with Crippen LogP contribution in [0.5, 0.6) is 0 Å². The average molecular weight is 272 g/mol. The van der Waals surface area contributed by atoms with E-state index in [0.717, 1.165) is 12.1 Å². The Morgan fingerprint density at radius 2 is 1.39 bits per heavy atom.